The Labute approximate surface area is 150 Å². The molecule has 4 aromatic rings. The van der Waals surface area contributed by atoms with Gasteiger partial charge in [-0.25, -0.2) is 4.79 Å². The minimum atomic E-state index is -0.144. The summed E-state index contributed by atoms with van der Waals surface area (Å²) in [5, 5.41) is 11.2. The highest BCUT2D eigenvalue weighted by molar-refractivity contribution is 5.62. The third-order valence-electron chi connectivity index (χ3n) is 4.59. The average molecular weight is 345 g/mol. The average Bonchev–Trinajstić information content (AvgIpc) is 3.31. The van der Waals surface area contributed by atoms with E-state index in [0.29, 0.717) is 5.82 Å². The van der Waals surface area contributed by atoms with Gasteiger partial charge in [0.15, 0.2) is 0 Å². The summed E-state index contributed by atoms with van der Waals surface area (Å²) in [6, 6.07) is 17.6. The molecule has 0 saturated carbocycles. The third-order valence-corrected chi connectivity index (χ3v) is 4.59. The van der Waals surface area contributed by atoms with Crippen LogP contribution in [0.15, 0.2) is 71.8 Å². The Hall–Kier alpha value is -3.41. The van der Waals surface area contributed by atoms with Crippen LogP contribution in [0.2, 0.25) is 0 Å². The molecule has 0 bridgehead atoms. The monoisotopic (exact) mass is 345 g/mol. The maximum atomic E-state index is 13.0. The fourth-order valence-corrected chi connectivity index (χ4v) is 3.17. The predicted molar refractivity (Wildman–Crippen MR) is 100 cm³/mol. The van der Waals surface area contributed by atoms with Crippen LogP contribution < -0.4 is 5.69 Å². The molecular weight excluding hydrogens is 326 g/mol. The van der Waals surface area contributed by atoms with Gasteiger partial charge in [-0.05, 0) is 37.1 Å². The van der Waals surface area contributed by atoms with Crippen molar-refractivity contribution >= 4 is 0 Å². The normalized spacial score (nSPS) is 12.2. The first-order chi connectivity index (χ1) is 12.6. The number of benzene rings is 2. The molecule has 0 amide bonds. The first-order valence-electron chi connectivity index (χ1n) is 8.48. The zero-order valence-corrected chi connectivity index (χ0v) is 14.6. The van der Waals surface area contributed by atoms with E-state index in [1.165, 1.54) is 4.68 Å². The van der Waals surface area contributed by atoms with Crippen molar-refractivity contribution in [2.45, 2.75) is 19.9 Å². The van der Waals surface area contributed by atoms with Crippen molar-refractivity contribution in [2.24, 2.45) is 0 Å². The van der Waals surface area contributed by atoms with Crippen molar-refractivity contribution in [3.05, 3.63) is 88.9 Å². The number of hydrogen-bond donors (Lipinski definition) is 1. The smallest absolute Gasteiger partial charge is 0.285 e. The van der Waals surface area contributed by atoms with Gasteiger partial charge in [-0.15, -0.1) is 0 Å². The van der Waals surface area contributed by atoms with Crippen LogP contribution in [-0.4, -0.2) is 24.5 Å². The molecule has 2 heterocycles. The van der Waals surface area contributed by atoms with Gasteiger partial charge in [0.05, 0.1) is 17.9 Å². The quantitative estimate of drug-likeness (QED) is 0.617. The first kappa shape index (κ1) is 16.1. The van der Waals surface area contributed by atoms with E-state index in [1.54, 1.807) is 10.8 Å². The molecule has 1 unspecified atom stereocenters. The molecule has 6 heteroatoms. The van der Waals surface area contributed by atoms with Crippen LogP contribution in [0, 0.1) is 6.92 Å². The molecule has 2 aromatic heterocycles. The van der Waals surface area contributed by atoms with Crippen molar-refractivity contribution < 1.29 is 0 Å². The lowest BCUT2D eigenvalue weighted by atomic mass is 10.1. The Morgan fingerprint density at radius 1 is 1.00 bits per heavy atom. The number of rotatable bonds is 4. The van der Waals surface area contributed by atoms with Gasteiger partial charge in [-0.1, -0.05) is 42.5 Å². The molecule has 0 aliphatic heterocycles. The fraction of sp³-hybridized carbons (Fsp3) is 0.150. The standard InChI is InChI=1S/C20H19N5O/c1-14(16-6-4-3-5-7-16)24-15(2)23-25(20(24)26)19-10-8-17(9-11-19)18-12-21-22-13-18/h3-14H,1-2H3,(H,21,22). The Kier molecular flexibility index (Phi) is 4.01. The molecule has 1 N–H and O–H groups in total. The zero-order valence-electron chi connectivity index (χ0n) is 14.6. The van der Waals surface area contributed by atoms with Crippen LogP contribution in [0.1, 0.15) is 24.4 Å². The van der Waals surface area contributed by atoms with Crippen molar-refractivity contribution in [2.75, 3.05) is 0 Å². The van der Waals surface area contributed by atoms with Crippen molar-refractivity contribution in [3.63, 3.8) is 0 Å². The van der Waals surface area contributed by atoms with E-state index >= 15 is 0 Å². The minimum Gasteiger partial charge on any atom is -0.285 e. The lowest BCUT2D eigenvalue weighted by Crippen LogP contribution is -2.27. The van der Waals surface area contributed by atoms with Gasteiger partial charge in [-0.2, -0.15) is 14.9 Å². The van der Waals surface area contributed by atoms with Crippen LogP contribution in [0.25, 0.3) is 16.8 Å². The van der Waals surface area contributed by atoms with Crippen molar-refractivity contribution in [1.29, 1.82) is 0 Å². The number of hydrogen-bond acceptors (Lipinski definition) is 3. The highest BCUT2D eigenvalue weighted by Gasteiger charge is 2.17. The summed E-state index contributed by atoms with van der Waals surface area (Å²) in [4.78, 5) is 13.0. The number of aromatic amines is 1. The molecule has 0 spiro atoms. The molecule has 2 aromatic carbocycles. The molecule has 0 saturated heterocycles. The molecule has 4 rings (SSSR count). The second-order valence-corrected chi connectivity index (χ2v) is 6.23. The van der Waals surface area contributed by atoms with Crippen LogP contribution >= 0.6 is 0 Å². The maximum Gasteiger partial charge on any atom is 0.351 e. The molecule has 1 atom stereocenters. The predicted octanol–water partition coefficient (Wildman–Crippen LogP) is 3.34. The topological polar surface area (TPSA) is 68.5 Å². The van der Waals surface area contributed by atoms with Gasteiger partial charge in [0.25, 0.3) is 0 Å². The van der Waals surface area contributed by atoms with E-state index in [0.717, 1.165) is 22.4 Å². The third kappa shape index (κ3) is 2.75. The Balaban J connectivity index is 1.72. The molecule has 0 aliphatic carbocycles. The Morgan fingerprint density at radius 2 is 1.73 bits per heavy atom. The molecule has 0 aliphatic rings. The van der Waals surface area contributed by atoms with Crippen molar-refractivity contribution in [3.8, 4) is 16.8 Å². The summed E-state index contributed by atoms with van der Waals surface area (Å²) in [6.45, 7) is 3.87. The van der Waals surface area contributed by atoms with Crippen LogP contribution in [-0.2, 0) is 0 Å². The van der Waals surface area contributed by atoms with Crippen LogP contribution in [0.3, 0.4) is 0 Å². The summed E-state index contributed by atoms with van der Waals surface area (Å²) in [5.41, 5.74) is 3.71. The first-order valence-corrected chi connectivity index (χ1v) is 8.48. The van der Waals surface area contributed by atoms with Gasteiger partial charge in [0.2, 0.25) is 0 Å². The maximum absolute atomic E-state index is 13.0. The van der Waals surface area contributed by atoms with E-state index < -0.39 is 0 Å². The van der Waals surface area contributed by atoms with Gasteiger partial charge < -0.3 is 0 Å². The number of H-pyrrole nitrogens is 1. The summed E-state index contributed by atoms with van der Waals surface area (Å²) in [6.07, 6.45) is 3.60. The van der Waals surface area contributed by atoms with Gasteiger partial charge in [0.1, 0.15) is 5.82 Å². The highest BCUT2D eigenvalue weighted by Crippen LogP contribution is 2.20. The molecule has 0 radical (unpaired) electrons. The van der Waals surface area contributed by atoms with Crippen LogP contribution in [0.5, 0.6) is 0 Å². The number of nitrogens with one attached hydrogen (secondary N) is 1. The second kappa shape index (κ2) is 6.48. The van der Waals surface area contributed by atoms with Gasteiger partial charge in [-0.3, -0.25) is 9.67 Å². The van der Waals surface area contributed by atoms with E-state index in [2.05, 4.69) is 15.3 Å². The second-order valence-electron chi connectivity index (χ2n) is 6.23. The highest BCUT2D eigenvalue weighted by atomic mass is 16.2. The minimum absolute atomic E-state index is 0.0809. The van der Waals surface area contributed by atoms with E-state index in [9.17, 15) is 4.79 Å². The van der Waals surface area contributed by atoms with Gasteiger partial charge >= 0.3 is 5.69 Å². The molecule has 6 nitrogen and oxygen atoms in total. The van der Waals surface area contributed by atoms with E-state index in [4.69, 9.17) is 0 Å². The number of nitrogens with zero attached hydrogens (tertiary/aromatic N) is 4. The summed E-state index contributed by atoms with van der Waals surface area (Å²) in [5.74, 6) is 0.685. The van der Waals surface area contributed by atoms with E-state index in [-0.39, 0.29) is 11.7 Å². The summed E-state index contributed by atoms with van der Waals surface area (Å²) < 4.78 is 3.17. The fourth-order valence-electron chi connectivity index (χ4n) is 3.17. The lowest BCUT2D eigenvalue weighted by Gasteiger charge is -2.13. The zero-order chi connectivity index (χ0) is 18.1. The Morgan fingerprint density at radius 3 is 2.38 bits per heavy atom. The summed E-state index contributed by atoms with van der Waals surface area (Å²) >= 11 is 0. The van der Waals surface area contributed by atoms with Crippen molar-refractivity contribution in [1.82, 2.24) is 24.5 Å². The number of aromatic nitrogens is 5. The summed E-state index contributed by atoms with van der Waals surface area (Å²) in [7, 11) is 0. The number of aryl methyl sites for hydroxylation is 1. The largest absolute Gasteiger partial charge is 0.351 e. The lowest BCUT2D eigenvalue weighted by molar-refractivity contribution is 0.595. The van der Waals surface area contributed by atoms with E-state index in [1.807, 2.05) is 74.6 Å². The molecule has 130 valence electrons. The van der Waals surface area contributed by atoms with Crippen LogP contribution in [0.4, 0.5) is 0 Å². The molecular formula is C20H19N5O. The Bertz CT molecular complexity index is 1060. The van der Waals surface area contributed by atoms with Gasteiger partial charge in [0, 0.05) is 11.8 Å². The molecule has 0 fully saturated rings. The SMILES string of the molecule is Cc1nn(-c2ccc(-c3cn[nH]c3)cc2)c(=O)n1C(C)c1ccccc1. The molecule has 26 heavy (non-hydrogen) atoms.